The number of benzene rings is 1. The van der Waals surface area contributed by atoms with Crippen LogP contribution in [-0.4, -0.2) is 33.9 Å². The number of pyridine rings is 1. The number of aryl methyl sites for hydroxylation is 1. The topological polar surface area (TPSA) is 61.0 Å². The number of nitrogens with zero attached hydrogens (tertiary/aromatic N) is 2. The third kappa shape index (κ3) is 2.57. The number of aromatic nitrogens is 2. The first-order valence-electron chi connectivity index (χ1n) is 9.79. The Morgan fingerprint density at radius 1 is 1.26 bits per heavy atom. The van der Waals surface area contributed by atoms with E-state index in [2.05, 4.69) is 40.4 Å². The van der Waals surface area contributed by atoms with E-state index in [1.165, 1.54) is 23.1 Å². The van der Waals surface area contributed by atoms with Gasteiger partial charge in [0.15, 0.2) is 0 Å². The van der Waals surface area contributed by atoms with Crippen LogP contribution < -0.4 is 5.32 Å². The Hall–Kier alpha value is -2.66. The molecule has 5 heteroatoms. The fourth-order valence-electron chi connectivity index (χ4n) is 4.47. The second kappa shape index (κ2) is 6.20. The lowest BCUT2D eigenvalue weighted by molar-refractivity contribution is 0.0787. The van der Waals surface area contributed by atoms with Crippen molar-refractivity contribution < 1.29 is 4.79 Å². The molecule has 1 saturated heterocycles. The predicted molar refractivity (Wildman–Crippen MR) is 107 cm³/mol. The van der Waals surface area contributed by atoms with Gasteiger partial charge in [0.1, 0.15) is 5.65 Å². The van der Waals surface area contributed by atoms with Crippen LogP contribution in [0.25, 0.3) is 22.2 Å². The van der Waals surface area contributed by atoms with Crippen molar-refractivity contribution in [3.63, 3.8) is 0 Å². The lowest BCUT2D eigenvalue weighted by Gasteiger charge is -2.17. The number of hydrogen-bond donors (Lipinski definition) is 2. The Kier molecular flexibility index (Phi) is 3.79. The van der Waals surface area contributed by atoms with Crippen LogP contribution >= 0.6 is 0 Å². The fourth-order valence-corrected chi connectivity index (χ4v) is 4.47. The van der Waals surface area contributed by atoms with Gasteiger partial charge in [-0.2, -0.15) is 0 Å². The fraction of sp³-hybridized carbons (Fsp3) is 0.364. The molecule has 4 heterocycles. The van der Waals surface area contributed by atoms with Crippen LogP contribution in [-0.2, 0) is 6.54 Å². The zero-order chi connectivity index (χ0) is 18.5. The van der Waals surface area contributed by atoms with E-state index in [1.54, 1.807) is 0 Å². The minimum atomic E-state index is 0.153. The molecule has 138 valence electrons. The van der Waals surface area contributed by atoms with E-state index in [1.807, 2.05) is 24.2 Å². The molecule has 3 aromatic rings. The van der Waals surface area contributed by atoms with Gasteiger partial charge in [-0.05, 0) is 73.7 Å². The number of amides is 1. The lowest BCUT2D eigenvalue weighted by atomic mass is 9.91. The van der Waals surface area contributed by atoms with Crippen molar-refractivity contribution in [2.24, 2.45) is 0 Å². The summed E-state index contributed by atoms with van der Waals surface area (Å²) in [5.41, 5.74) is 7.60. The summed E-state index contributed by atoms with van der Waals surface area (Å²) in [6.45, 7) is 6.66. The van der Waals surface area contributed by atoms with Crippen LogP contribution in [0, 0.1) is 6.92 Å². The first-order chi connectivity index (χ1) is 13.2. The highest BCUT2D eigenvalue weighted by molar-refractivity contribution is 6.00. The Bertz CT molecular complexity index is 1050. The molecule has 2 aromatic heterocycles. The normalized spacial score (nSPS) is 19.3. The molecule has 0 aliphatic carbocycles. The van der Waals surface area contributed by atoms with Crippen molar-refractivity contribution in [1.29, 1.82) is 0 Å². The zero-order valence-electron chi connectivity index (χ0n) is 15.8. The summed E-state index contributed by atoms with van der Waals surface area (Å²) in [6.07, 6.45) is 6.21. The first kappa shape index (κ1) is 16.5. The molecule has 0 radical (unpaired) electrons. The Balaban J connectivity index is 1.68. The Labute approximate surface area is 158 Å². The molecule has 1 amide bonds. The molecule has 1 aromatic carbocycles. The second-order valence-corrected chi connectivity index (χ2v) is 7.65. The van der Waals surface area contributed by atoms with Crippen molar-refractivity contribution in [3.8, 4) is 11.1 Å². The van der Waals surface area contributed by atoms with Crippen LogP contribution in [0.5, 0.6) is 0 Å². The molecule has 2 N–H and O–H groups in total. The molecule has 1 atom stereocenters. The maximum absolute atomic E-state index is 12.9. The molecule has 2 aliphatic rings. The van der Waals surface area contributed by atoms with Crippen LogP contribution in [0.1, 0.15) is 52.9 Å². The molecular weight excluding hydrogens is 336 g/mol. The molecule has 0 spiro atoms. The van der Waals surface area contributed by atoms with Crippen molar-refractivity contribution in [2.75, 3.05) is 13.1 Å². The highest BCUT2D eigenvalue weighted by Gasteiger charge is 2.32. The van der Waals surface area contributed by atoms with Gasteiger partial charge in [0.2, 0.25) is 0 Å². The number of hydrogen-bond acceptors (Lipinski definition) is 3. The van der Waals surface area contributed by atoms with Gasteiger partial charge in [-0.15, -0.1) is 0 Å². The molecule has 2 aliphatic heterocycles. The van der Waals surface area contributed by atoms with Gasteiger partial charge in [-0.25, -0.2) is 4.98 Å². The van der Waals surface area contributed by atoms with E-state index in [4.69, 9.17) is 0 Å². The van der Waals surface area contributed by atoms with Crippen molar-refractivity contribution >= 4 is 16.9 Å². The van der Waals surface area contributed by atoms with Crippen molar-refractivity contribution in [3.05, 3.63) is 52.8 Å². The van der Waals surface area contributed by atoms with E-state index in [0.717, 1.165) is 53.8 Å². The molecule has 0 saturated carbocycles. The number of fused-ring (bicyclic) bond motifs is 2. The molecule has 0 unspecified atom stereocenters. The number of carbonyl (C=O) groups excluding carboxylic acids is 1. The molecule has 0 bridgehead atoms. The zero-order valence-corrected chi connectivity index (χ0v) is 15.8. The standard InChI is InChI=1S/C22H24N4O/c1-3-26-12-19-17(20-5-4-6-23-20)7-14(8-18(19)22(26)27)15-9-16-13(2)10-24-21(16)25-11-15/h7-11,20,23H,3-6,12H2,1-2H3,(H,24,25)/t20-/m0/s1. The first-order valence-corrected chi connectivity index (χ1v) is 9.79. The monoisotopic (exact) mass is 360 g/mol. The van der Waals surface area contributed by atoms with Gasteiger partial charge in [0, 0.05) is 48.0 Å². The summed E-state index contributed by atoms with van der Waals surface area (Å²) in [5.74, 6) is 0.153. The molecule has 27 heavy (non-hydrogen) atoms. The largest absolute Gasteiger partial charge is 0.346 e. The highest BCUT2D eigenvalue weighted by atomic mass is 16.2. The number of aromatic amines is 1. The molecular formula is C22H24N4O. The quantitative estimate of drug-likeness (QED) is 0.744. The van der Waals surface area contributed by atoms with E-state index in [-0.39, 0.29) is 5.91 Å². The van der Waals surface area contributed by atoms with E-state index < -0.39 is 0 Å². The summed E-state index contributed by atoms with van der Waals surface area (Å²) in [4.78, 5) is 22.6. The number of nitrogens with one attached hydrogen (secondary N) is 2. The van der Waals surface area contributed by atoms with Gasteiger partial charge in [0.05, 0.1) is 0 Å². The smallest absolute Gasteiger partial charge is 0.254 e. The summed E-state index contributed by atoms with van der Waals surface area (Å²) in [7, 11) is 0. The molecule has 5 nitrogen and oxygen atoms in total. The molecule has 5 rings (SSSR count). The third-order valence-electron chi connectivity index (χ3n) is 6.04. The van der Waals surface area contributed by atoms with E-state index in [9.17, 15) is 4.79 Å². The SMILES string of the molecule is CCN1Cc2c(cc(-c3cnc4[nH]cc(C)c4c3)cc2[C@@H]2CCCN2)C1=O. The Morgan fingerprint density at radius 2 is 2.15 bits per heavy atom. The van der Waals surface area contributed by atoms with Gasteiger partial charge < -0.3 is 15.2 Å². The number of H-pyrrole nitrogens is 1. The third-order valence-corrected chi connectivity index (χ3v) is 6.04. The molecule has 1 fully saturated rings. The average Bonchev–Trinajstić information content (AvgIpc) is 3.41. The summed E-state index contributed by atoms with van der Waals surface area (Å²) in [5, 5.41) is 4.75. The summed E-state index contributed by atoms with van der Waals surface area (Å²) in [6, 6.07) is 6.86. The summed E-state index contributed by atoms with van der Waals surface area (Å²) >= 11 is 0. The van der Waals surface area contributed by atoms with Gasteiger partial charge in [0.25, 0.3) is 5.91 Å². The van der Waals surface area contributed by atoms with Crippen LogP contribution in [0.2, 0.25) is 0 Å². The van der Waals surface area contributed by atoms with Crippen LogP contribution in [0.3, 0.4) is 0 Å². The number of rotatable bonds is 3. The van der Waals surface area contributed by atoms with Gasteiger partial charge in [-0.3, -0.25) is 4.79 Å². The van der Waals surface area contributed by atoms with E-state index in [0.29, 0.717) is 6.04 Å². The van der Waals surface area contributed by atoms with Crippen LogP contribution in [0.15, 0.2) is 30.6 Å². The summed E-state index contributed by atoms with van der Waals surface area (Å²) < 4.78 is 0. The van der Waals surface area contributed by atoms with Crippen molar-refractivity contribution in [1.82, 2.24) is 20.2 Å². The maximum atomic E-state index is 12.9. The predicted octanol–water partition coefficient (Wildman–Crippen LogP) is 3.94. The minimum Gasteiger partial charge on any atom is -0.346 e. The van der Waals surface area contributed by atoms with Crippen LogP contribution in [0.4, 0.5) is 0 Å². The Morgan fingerprint density at radius 3 is 2.93 bits per heavy atom. The maximum Gasteiger partial charge on any atom is 0.254 e. The van der Waals surface area contributed by atoms with E-state index >= 15 is 0 Å². The average molecular weight is 360 g/mol. The lowest BCUT2D eigenvalue weighted by Crippen LogP contribution is -2.23. The minimum absolute atomic E-state index is 0.153. The second-order valence-electron chi connectivity index (χ2n) is 7.65. The van der Waals surface area contributed by atoms with Gasteiger partial charge >= 0.3 is 0 Å². The highest BCUT2D eigenvalue weighted by Crippen LogP contribution is 2.37. The van der Waals surface area contributed by atoms with Crippen molar-refractivity contribution in [2.45, 2.75) is 39.3 Å². The van der Waals surface area contributed by atoms with Gasteiger partial charge in [-0.1, -0.05) is 0 Å². The number of carbonyl (C=O) groups is 1.